The van der Waals surface area contributed by atoms with Crippen LogP contribution in [0.1, 0.15) is 26.3 Å². The lowest BCUT2D eigenvalue weighted by Gasteiger charge is -2.26. The highest BCUT2D eigenvalue weighted by atomic mass is 35.5. The van der Waals surface area contributed by atoms with Gasteiger partial charge >= 0.3 is 0 Å². The van der Waals surface area contributed by atoms with E-state index in [1.807, 2.05) is 39.0 Å². The Labute approximate surface area is 108 Å². The molecule has 0 bridgehead atoms. The quantitative estimate of drug-likeness (QED) is 0.851. The van der Waals surface area contributed by atoms with E-state index in [1.54, 1.807) is 0 Å². The van der Waals surface area contributed by atoms with Crippen LogP contribution in [0.5, 0.6) is 5.75 Å². The monoisotopic (exact) mass is 257 g/mol. The lowest BCUT2D eigenvalue weighted by atomic mass is 9.83. The van der Waals surface area contributed by atoms with Crippen LogP contribution in [-0.4, -0.2) is 24.4 Å². The van der Waals surface area contributed by atoms with E-state index in [0.29, 0.717) is 17.3 Å². The summed E-state index contributed by atoms with van der Waals surface area (Å²) in [5.74, 6) is 0.655. The summed E-state index contributed by atoms with van der Waals surface area (Å²) >= 11 is 6.15. The normalized spacial score (nSPS) is 14.8. The first-order valence-corrected chi connectivity index (χ1v) is 6.08. The van der Waals surface area contributed by atoms with E-state index in [-0.39, 0.29) is 12.7 Å². The zero-order valence-electron chi connectivity index (χ0n) is 10.5. The van der Waals surface area contributed by atoms with E-state index in [1.165, 1.54) is 0 Å². The first kappa shape index (κ1) is 14.3. The number of rotatable bonds is 5. The summed E-state index contributed by atoms with van der Waals surface area (Å²) in [5, 5.41) is 9.94. The van der Waals surface area contributed by atoms with Crippen LogP contribution in [0.3, 0.4) is 0 Å². The molecular formula is C13H20ClNO2. The van der Waals surface area contributed by atoms with Crippen LogP contribution < -0.4 is 10.5 Å². The summed E-state index contributed by atoms with van der Waals surface area (Å²) in [7, 11) is 0. The summed E-state index contributed by atoms with van der Waals surface area (Å²) in [6.07, 6.45) is 0.0806. The van der Waals surface area contributed by atoms with Gasteiger partial charge in [0.2, 0.25) is 0 Å². The van der Waals surface area contributed by atoms with Crippen LogP contribution >= 0.6 is 11.6 Å². The van der Waals surface area contributed by atoms with Gasteiger partial charge < -0.3 is 15.6 Å². The third-order valence-electron chi connectivity index (χ3n) is 2.79. The summed E-state index contributed by atoms with van der Waals surface area (Å²) < 4.78 is 5.55. The molecule has 96 valence electrons. The van der Waals surface area contributed by atoms with Crippen molar-refractivity contribution >= 4 is 11.6 Å². The molecule has 0 aliphatic heterocycles. The first-order valence-electron chi connectivity index (χ1n) is 5.70. The fourth-order valence-corrected chi connectivity index (χ4v) is 1.72. The van der Waals surface area contributed by atoms with Crippen LogP contribution in [0.2, 0.25) is 5.02 Å². The number of ether oxygens (including phenoxy) is 1. The average Bonchev–Trinajstić information content (AvgIpc) is 2.30. The predicted molar refractivity (Wildman–Crippen MR) is 70.7 cm³/mol. The van der Waals surface area contributed by atoms with E-state index in [9.17, 15) is 5.11 Å². The van der Waals surface area contributed by atoms with Crippen molar-refractivity contribution in [2.24, 2.45) is 5.73 Å². The number of benzene rings is 1. The van der Waals surface area contributed by atoms with Gasteiger partial charge in [-0.15, -0.1) is 0 Å². The summed E-state index contributed by atoms with van der Waals surface area (Å²) in [5.41, 5.74) is 6.15. The lowest BCUT2D eigenvalue weighted by Crippen LogP contribution is -2.35. The predicted octanol–water partition coefficient (Wildman–Crippen LogP) is 2.34. The largest absolute Gasteiger partial charge is 0.489 e. The molecule has 0 heterocycles. The molecule has 0 saturated carbocycles. The third kappa shape index (κ3) is 3.35. The molecule has 0 radical (unpaired) electrons. The maximum absolute atomic E-state index is 9.39. The van der Waals surface area contributed by atoms with Crippen LogP contribution in [0.15, 0.2) is 18.2 Å². The molecule has 0 aliphatic rings. The Bertz CT molecular complexity index is 376. The Morgan fingerprint density at radius 1 is 1.47 bits per heavy atom. The lowest BCUT2D eigenvalue weighted by molar-refractivity contribution is 0.210. The van der Waals surface area contributed by atoms with Gasteiger partial charge in [-0.1, -0.05) is 24.6 Å². The highest BCUT2D eigenvalue weighted by Gasteiger charge is 2.24. The highest BCUT2D eigenvalue weighted by molar-refractivity contribution is 6.32. The zero-order chi connectivity index (χ0) is 13.1. The van der Waals surface area contributed by atoms with Gasteiger partial charge in [0.1, 0.15) is 5.75 Å². The minimum Gasteiger partial charge on any atom is -0.489 e. The number of aliphatic hydroxyl groups is 1. The number of nitrogens with two attached hydrogens (primary N) is 1. The third-order valence-corrected chi connectivity index (χ3v) is 3.09. The van der Waals surface area contributed by atoms with E-state index in [2.05, 4.69) is 0 Å². The zero-order valence-corrected chi connectivity index (χ0v) is 11.3. The molecule has 17 heavy (non-hydrogen) atoms. The Balaban J connectivity index is 3.03. The molecule has 1 aromatic carbocycles. The van der Waals surface area contributed by atoms with Crippen LogP contribution in [0.4, 0.5) is 0 Å². The standard InChI is InChI=1S/C13H20ClNO2/c1-9(2)17-12-5-4-10(6-11(12)14)13(3,7-15)8-16/h4-6,9,16H,7-8,15H2,1-3H3. The van der Waals surface area contributed by atoms with Crippen molar-refractivity contribution in [3.8, 4) is 5.75 Å². The second kappa shape index (κ2) is 5.71. The van der Waals surface area contributed by atoms with E-state index >= 15 is 0 Å². The minimum absolute atomic E-state index is 0.00971. The molecule has 0 aliphatic carbocycles. The molecule has 1 aromatic rings. The van der Waals surface area contributed by atoms with Gasteiger partial charge in [-0.3, -0.25) is 0 Å². The Kier molecular flexibility index (Phi) is 4.80. The van der Waals surface area contributed by atoms with Gasteiger partial charge in [-0.05, 0) is 31.5 Å². The molecule has 1 unspecified atom stereocenters. The van der Waals surface area contributed by atoms with Gasteiger partial charge in [0.15, 0.2) is 0 Å². The molecule has 0 aromatic heterocycles. The van der Waals surface area contributed by atoms with Crippen molar-refractivity contribution in [2.45, 2.75) is 32.3 Å². The maximum Gasteiger partial charge on any atom is 0.138 e. The topological polar surface area (TPSA) is 55.5 Å². The van der Waals surface area contributed by atoms with Crippen molar-refractivity contribution in [2.75, 3.05) is 13.2 Å². The minimum atomic E-state index is -0.458. The molecule has 1 rings (SSSR count). The molecule has 0 saturated heterocycles. The van der Waals surface area contributed by atoms with Crippen molar-refractivity contribution in [1.29, 1.82) is 0 Å². The SMILES string of the molecule is CC(C)Oc1ccc(C(C)(CN)CO)cc1Cl. The Morgan fingerprint density at radius 3 is 2.53 bits per heavy atom. The smallest absolute Gasteiger partial charge is 0.138 e. The highest BCUT2D eigenvalue weighted by Crippen LogP contribution is 2.31. The van der Waals surface area contributed by atoms with Gasteiger partial charge in [0.25, 0.3) is 0 Å². The van der Waals surface area contributed by atoms with Crippen LogP contribution in [-0.2, 0) is 5.41 Å². The summed E-state index contributed by atoms with van der Waals surface area (Å²) in [6.45, 7) is 6.15. The molecule has 0 amide bonds. The molecule has 4 heteroatoms. The molecule has 1 atom stereocenters. The Hall–Kier alpha value is -0.770. The van der Waals surface area contributed by atoms with Crippen molar-refractivity contribution in [1.82, 2.24) is 0 Å². The Morgan fingerprint density at radius 2 is 2.12 bits per heavy atom. The molecule has 0 spiro atoms. The van der Waals surface area contributed by atoms with E-state index in [0.717, 1.165) is 5.56 Å². The van der Waals surface area contributed by atoms with Crippen molar-refractivity contribution in [3.63, 3.8) is 0 Å². The molecule has 3 nitrogen and oxygen atoms in total. The maximum atomic E-state index is 9.39. The summed E-state index contributed by atoms with van der Waals surface area (Å²) in [6, 6.07) is 5.52. The second-order valence-corrected chi connectivity index (χ2v) is 5.14. The van der Waals surface area contributed by atoms with E-state index in [4.69, 9.17) is 22.1 Å². The van der Waals surface area contributed by atoms with Gasteiger partial charge in [0.05, 0.1) is 17.7 Å². The van der Waals surface area contributed by atoms with Crippen molar-refractivity contribution in [3.05, 3.63) is 28.8 Å². The number of halogens is 1. The number of hydrogen-bond donors (Lipinski definition) is 2. The fraction of sp³-hybridized carbons (Fsp3) is 0.538. The first-order chi connectivity index (χ1) is 7.92. The number of hydrogen-bond acceptors (Lipinski definition) is 3. The van der Waals surface area contributed by atoms with Crippen LogP contribution in [0, 0.1) is 0 Å². The van der Waals surface area contributed by atoms with Gasteiger partial charge in [-0.25, -0.2) is 0 Å². The molecular weight excluding hydrogens is 238 g/mol. The van der Waals surface area contributed by atoms with Gasteiger partial charge in [-0.2, -0.15) is 0 Å². The molecule has 3 N–H and O–H groups in total. The fourth-order valence-electron chi connectivity index (χ4n) is 1.50. The van der Waals surface area contributed by atoms with Crippen LogP contribution in [0.25, 0.3) is 0 Å². The molecule has 0 fully saturated rings. The average molecular weight is 258 g/mol. The van der Waals surface area contributed by atoms with Gasteiger partial charge in [0, 0.05) is 12.0 Å². The second-order valence-electron chi connectivity index (χ2n) is 4.73. The van der Waals surface area contributed by atoms with Crippen molar-refractivity contribution < 1.29 is 9.84 Å². The summed E-state index contributed by atoms with van der Waals surface area (Å²) in [4.78, 5) is 0. The number of aliphatic hydroxyl groups excluding tert-OH is 1. The van der Waals surface area contributed by atoms with E-state index < -0.39 is 5.41 Å².